The third kappa shape index (κ3) is 3.69. The van der Waals surface area contributed by atoms with Gasteiger partial charge in [-0.15, -0.1) is 0 Å². The van der Waals surface area contributed by atoms with Crippen molar-refractivity contribution in [1.29, 1.82) is 0 Å². The summed E-state index contributed by atoms with van der Waals surface area (Å²) in [6.07, 6.45) is 0. The van der Waals surface area contributed by atoms with Crippen molar-refractivity contribution in [2.45, 2.75) is 0 Å². The van der Waals surface area contributed by atoms with E-state index in [1.54, 1.807) is 12.1 Å². The molecule has 15 heavy (non-hydrogen) atoms. The largest absolute Gasteiger partial charge is 1.00 e. The first-order valence-electron chi connectivity index (χ1n) is 3.96. The van der Waals surface area contributed by atoms with Gasteiger partial charge in [0.15, 0.2) is 0 Å². The summed E-state index contributed by atoms with van der Waals surface area (Å²) in [5.74, 6) is -1.10. The number of rotatable bonds is 2. The summed E-state index contributed by atoms with van der Waals surface area (Å²) in [5.41, 5.74) is 0.420. The third-order valence-corrected chi connectivity index (χ3v) is 1.74. The Morgan fingerprint density at radius 1 is 1.00 bits per heavy atom. The Morgan fingerprint density at radius 3 is 1.60 bits per heavy atom. The molecule has 0 unspecified atom stereocenters. The number of carbonyl (C=O) groups excluding carboxylic acids is 2. The molecule has 5 heteroatoms. The zero-order valence-corrected chi connectivity index (χ0v) is 12.1. The van der Waals surface area contributed by atoms with Crippen molar-refractivity contribution in [3.63, 3.8) is 0 Å². The molecule has 1 rings (SSSR count). The Labute approximate surface area is 132 Å². The number of esters is 2. The molecule has 0 atom stereocenters. The normalized spacial score (nSPS) is 8.67. The van der Waals surface area contributed by atoms with Crippen LogP contribution in [0.25, 0.3) is 0 Å². The molecule has 0 aliphatic rings. The molecule has 0 heterocycles. The van der Waals surface area contributed by atoms with Gasteiger partial charge in [-0.05, 0) is 12.1 Å². The van der Waals surface area contributed by atoms with Crippen LogP contribution < -0.4 is 51.4 Å². The topological polar surface area (TPSA) is 52.6 Å². The van der Waals surface area contributed by atoms with E-state index in [2.05, 4.69) is 9.47 Å². The summed E-state index contributed by atoms with van der Waals surface area (Å²) in [7, 11) is 2.52. The van der Waals surface area contributed by atoms with Crippen molar-refractivity contribution < 1.29 is 71.9 Å². The quantitative estimate of drug-likeness (QED) is 0.456. The molecule has 0 amide bonds. The fourth-order valence-corrected chi connectivity index (χ4v) is 1.06. The molecular formula is C10H11KO4. The van der Waals surface area contributed by atoms with Crippen LogP contribution in [0.15, 0.2) is 24.3 Å². The smallest absolute Gasteiger partial charge is 1.00 e. The Morgan fingerprint density at radius 2 is 1.33 bits per heavy atom. The van der Waals surface area contributed by atoms with Crippen LogP contribution in [0.3, 0.4) is 0 Å². The molecule has 0 bridgehead atoms. The van der Waals surface area contributed by atoms with E-state index in [0.29, 0.717) is 0 Å². The minimum absolute atomic E-state index is 0. The van der Waals surface area contributed by atoms with E-state index in [-0.39, 0.29) is 63.9 Å². The predicted molar refractivity (Wildman–Crippen MR) is 50.2 cm³/mol. The van der Waals surface area contributed by atoms with Crippen molar-refractivity contribution in [1.82, 2.24) is 0 Å². The molecule has 0 aromatic heterocycles. The summed E-state index contributed by atoms with van der Waals surface area (Å²) < 4.78 is 9.05. The van der Waals surface area contributed by atoms with Gasteiger partial charge in [-0.3, -0.25) is 0 Å². The Hall–Kier alpha value is -0.204. The Bertz CT molecular complexity index is 333. The van der Waals surface area contributed by atoms with Crippen LogP contribution >= 0.6 is 0 Å². The third-order valence-electron chi connectivity index (χ3n) is 1.74. The van der Waals surface area contributed by atoms with Gasteiger partial charge in [0.1, 0.15) is 0 Å². The van der Waals surface area contributed by atoms with E-state index in [4.69, 9.17) is 0 Å². The molecule has 0 aliphatic carbocycles. The second-order valence-electron chi connectivity index (χ2n) is 2.53. The Balaban J connectivity index is 0. The fourth-order valence-electron chi connectivity index (χ4n) is 1.06. The SMILES string of the molecule is COC(=O)c1ccccc1C(=O)OC.[H-].[K+]. The standard InChI is InChI=1S/C10H10O4.K.H/c1-13-9(11)7-5-3-4-6-8(7)10(12)14-2;;/h3-6H,1-2H3;;/q;+1;-1. The molecule has 0 radical (unpaired) electrons. The average Bonchev–Trinajstić information content (AvgIpc) is 2.27. The molecule has 1 aromatic rings. The number of ether oxygens (including phenoxy) is 2. The van der Waals surface area contributed by atoms with Gasteiger partial charge in [0, 0.05) is 0 Å². The first kappa shape index (κ1) is 14.8. The molecule has 0 saturated carbocycles. The molecule has 0 saturated heterocycles. The molecule has 1 aromatic carbocycles. The number of benzene rings is 1. The van der Waals surface area contributed by atoms with E-state index in [1.807, 2.05) is 0 Å². The van der Waals surface area contributed by atoms with Crippen molar-refractivity contribution in [3.8, 4) is 0 Å². The zero-order valence-electron chi connectivity index (χ0n) is 9.94. The van der Waals surface area contributed by atoms with Crippen molar-refractivity contribution in [2.75, 3.05) is 14.2 Å². The molecule has 0 N–H and O–H groups in total. The molecule has 4 nitrogen and oxygen atoms in total. The molecular weight excluding hydrogens is 223 g/mol. The second kappa shape index (κ2) is 7.13. The van der Waals surface area contributed by atoms with Crippen LogP contribution in [0.2, 0.25) is 0 Å². The number of hydrogen-bond donors (Lipinski definition) is 0. The maximum Gasteiger partial charge on any atom is 1.00 e. The maximum atomic E-state index is 11.2. The van der Waals surface area contributed by atoms with E-state index in [9.17, 15) is 9.59 Å². The van der Waals surface area contributed by atoms with Crippen LogP contribution in [0.4, 0.5) is 0 Å². The number of hydrogen-bond acceptors (Lipinski definition) is 4. The minimum atomic E-state index is -0.550. The van der Waals surface area contributed by atoms with Crippen LogP contribution in [0, 0.1) is 0 Å². The van der Waals surface area contributed by atoms with Crippen LogP contribution in [0.5, 0.6) is 0 Å². The molecule has 76 valence electrons. The molecule has 0 fully saturated rings. The van der Waals surface area contributed by atoms with Crippen molar-refractivity contribution in [2.24, 2.45) is 0 Å². The van der Waals surface area contributed by atoms with Gasteiger partial charge < -0.3 is 10.9 Å². The van der Waals surface area contributed by atoms with Crippen LogP contribution in [-0.4, -0.2) is 26.2 Å². The first-order valence-corrected chi connectivity index (χ1v) is 3.96. The van der Waals surface area contributed by atoms with Gasteiger partial charge >= 0.3 is 63.3 Å². The van der Waals surface area contributed by atoms with Crippen molar-refractivity contribution >= 4 is 11.9 Å². The van der Waals surface area contributed by atoms with Gasteiger partial charge in [-0.2, -0.15) is 0 Å². The number of methoxy groups -OCH3 is 2. The summed E-state index contributed by atoms with van der Waals surface area (Å²) in [5, 5.41) is 0. The molecule has 0 aliphatic heterocycles. The van der Waals surface area contributed by atoms with Gasteiger partial charge in [0.05, 0.1) is 25.3 Å². The zero-order chi connectivity index (χ0) is 10.6. The monoisotopic (exact) mass is 234 g/mol. The van der Waals surface area contributed by atoms with Gasteiger partial charge in [-0.1, -0.05) is 12.1 Å². The Kier molecular flexibility index (Phi) is 7.04. The summed E-state index contributed by atoms with van der Waals surface area (Å²) >= 11 is 0. The van der Waals surface area contributed by atoms with Gasteiger partial charge in [-0.25, -0.2) is 9.59 Å². The fraction of sp³-hybridized carbons (Fsp3) is 0.200. The first-order chi connectivity index (χ1) is 6.70. The van der Waals surface area contributed by atoms with E-state index in [0.717, 1.165) is 0 Å². The van der Waals surface area contributed by atoms with E-state index < -0.39 is 11.9 Å². The molecule has 0 spiro atoms. The van der Waals surface area contributed by atoms with Gasteiger partial charge in [0.25, 0.3) is 0 Å². The van der Waals surface area contributed by atoms with Gasteiger partial charge in [0.2, 0.25) is 0 Å². The summed E-state index contributed by atoms with van der Waals surface area (Å²) in [6.45, 7) is 0. The summed E-state index contributed by atoms with van der Waals surface area (Å²) in [6, 6.07) is 6.33. The van der Waals surface area contributed by atoms with Crippen molar-refractivity contribution in [3.05, 3.63) is 35.4 Å². The van der Waals surface area contributed by atoms with Crippen LogP contribution in [-0.2, 0) is 9.47 Å². The second-order valence-corrected chi connectivity index (χ2v) is 2.53. The maximum absolute atomic E-state index is 11.2. The van der Waals surface area contributed by atoms with E-state index in [1.165, 1.54) is 26.4 Å². The van der Waals surface area contributed by atoms with Crippen LogP contribution in [0.1, 0.15) is 22.1 Å². The summed E-state index contributed by atoms with van der Waals surface area (Å²) in [4.78, 5) is 22.4. The van der Waals surface area contributed by atoms with E-state index >= 15 is 0 Å². The number of carbonyl (C=O) groups is 2. The predicted octanol–water partition coefficient (Wildman–Crippen LogP) is -1.62. The average molecular weight is 234 g/mol. The minimum Gasteiger partial charge on any atom is -1.00 e.